The van der Waals surface area contributed by atoms with Gasteiger partial charge in [0.25, 0.3) is 0 Å². The van der Waals surface area contributed by atoms with Crippen LogP contribution in [-0.2, 0) is 10.0 Å². The van der Waals surface area contributed by atoms with Crippen LogP contribution in [0.4, 0.5) is 0 Å². The molecule has 7 heteroatoms. The van der Waals surface area contributed by atoms with Crippen LogP contribution >= 0.6 is 11.6 Å². The molecule has 1 aliphatic heterocycles. The Morgan fingerprint density at radius 3 is 2.76 bits per heavy atom. The molecule has 5 nitrogen and oxygen atoms in total. The second kappa shape index (κ2) is 6.52. The zero-order chi connectivity index (χ0) is 15.6. The number of piperidine rings is 1. The number of hydrogen-bond donors (Lipinski definition) is 1. The minimum Gasteiger partial charge on any atom is -0.495 e. The number of nitrogens with one attached hydrogen (secondary N) is 1. The van der Waals surface area contributed by atoms with Gasteiger partial charge in [0.2, 0.25) is 10.0 Å². The van der Waals surface area contributed by atoms with E-state index >= 15 is 0 Å². The van der Waals surface area contributed by atoms with Crippen molar-refractivity contribution in [2.45, 2.75) is 30.7 Å². The number of halogens is 1. The topological polar surface area (TPSA) is 58.6 Å². The van der Waals surface area contributed by atoms with Crippen molar-refractivity contribution in [3.05, 3.63) is 22.7 Å². The summed E-state index contributed by atoms with van der Waals surface area (Å²) >= 11 is 6.08. The van der Waals surface area contributed by atoms with Gasteiger partial charge in [-0.2, -0.15) is 4.31 Å². The quantitative estimate of drug-likeness (QED) is 0.916. The maximum absolute atomic E-state index is 12.8. The van der Waals surface area contributed by atoms with Crippen molar-refractivity contribution in [2.24, 2.45) is 0 Å². The van der Waals surface area contributed by atoms with Gasteiger partial charge >= 0.3 is 0 Å². The molecular weight excluding hydrogens is 312 g/mol. The maximum Gasteiger partial charge on any atom is 0.243 e. The largest absolute Gasteiger partial charge is 0.495 e. The summed E-state index contributed by atoms with van der Waals surface area (Å²) in [5.41, 5.74) is 0.642. The predicted molar refractivity (Wildman–Crippen MR) is 83.6 cm³/mol. The van der Waals surface area contributed by atoms with Gasteiger partial charge in [0, 0.05) is 19.1 Å². The number of rotatable bonds is 4. The van der Waals surface area contributed by atoms with Crippen LogP contribution in [0.2, 0.25) is 5.02 Å². The third kappa shape index (κ3) is 3.34. The first kappa shape index (κ1) is 16.5. The van der Waals surface area contributed by atoms with Crippen LogP contribution in [0, 0.1) is 6.92 Å². The molecule has 0 amide bonds. The molecular formula is C14H21ClN2O3S. The zero-order valence-corrected chi connectivity index (χ0v) is 14.1. The van der Waals surface area contributed by atoms with Gasteiger partial charge in [-0.3, -0.25) is 0 Å². The average molecular weight is 333 g/mol. The lowest BCUT2D eigenvalue weighted by atomic mass is 10.1. The van der Waals surface area contributed by atoms with Crippen LogP contribution in [0.3, 0.4) is 0 Å². The Hall–Kier alpha value is -0.820. The number of aryl methyl sites for hydroxylation is 1. The fraction of sp³-hybridized carbons (Fsp3) is 0.571. The zero-order valence-electron chi connectivity index (χ0n) is 12.5. The first-order chi connectivity index (χ1) is 9.90. The molecule has 1 saturated heterocycles. The van der Waals surface area contributed by atoms with Crippen molar-refractivity contribution in [1.29, 1.82) is 0 Å². The fourth-order valence-corrected chi connectivity index (χ4v) is 4.67. The summed E-state index contributed by atoms with van der Waals surface area (Å²) in [7, 11) is -0.162. The van der Waals surface area contributed by atoms with E-state index in [1.165, 1.54) is 17.5 Å². The highest BCUT2D eigenvalue weighted by atomic mass is 35.5. The third-order valence-electron chi connectivity index (χ3n) is 3.86. The Morgan fingerprint density at radius 1 is 1.43 bits per heavy atom. The van der Waals surface area contributed by atoms with E-state index in [0.717, 1.165) is 12.8 Å². The number of ether oxygens (including phenoxy) is 1. The summed E-state index contributed by atoms with van der Waals surface area (Å²) in [6, 6.07) is 3.34. The number of sulfonamides is 1. The highest BCUT2D eigenvalue weighted by Crippen LogP contribution is 2.32. The molecule has 21 heavy (non-hydrogen) atoms. The fourth-order valence-electron chi connectivity index (χ4n) is 2.61. The lowest BCUT2D eigenvalue weighted by Gasteiger charge is -2.32. The summed E-state index contributed by atoms with van der Waals surface area (Å²) in [5.74, 6) is 0.486. The van der Waals surface area contributed by atoms with Gasteiger partial charge in [-0.1, -0.05) is 11.6 Å². The first-order valence-corrected chi connectivity index (χ1v) is 8.73. The van der Waals surface area contributed by atoms with Crippen molar-refractivity contribution < 1.29 is 13.2 Å². The van der Waals surface area contributed by atoms with E-state index in [0.29, 0.717) is 29.4 Å². The molecule has 1 aromatic rings. The Bertz CT molecular complexity index is 619. The second-order valence-corrected chi connectivity index (χ2v) is 7.56. The average Bonchev–Trinajstić information content (AvgIpc) is 2.49. The standard InChI is InChI=1S/C14H21ClN2O3S/c1-10-7-13(20-3)12(15)8-14(10)21(18,19)17-6-4-5-11(9-17)16-2/h7-8,11,16H,4-6,9H2,1-3H3. The summed E-state index contributed by atoms with van der Waals surface area (Å²) in [6.45, 7) is 2.79. The SMILES string of the molecule is CNC1CCCN(S(=O)(=O)c2cc(Cl)c(OC)cc2C)C1. The molecule has 1 unspecified atom stereocenters. The van der Waals surface area contributed by atoms with Crippen molar-refractivity contribution in [2.75, 3.05) is 27.2 Å². The number of likely N-dealkylation sites (N-methyl/N-ethyl adjacent to an activating group) is 1. The van der Waals surface area contributed by atoms with Gasteiger partial charge in [0.05, 0.1) is 17.0 Å². The van der Waals surface area contributed by atoms with Gasteiger partial charge in [0.15, 0.2) is 0 Å². The van der Waals surface area contributed by atoms with E-state index in [1.54, 1.807) is 13.0 Å². The highest BCUT2D eigenvalue weighted by molar-refractivity contribution is 7.89. The molecule has 0 spiro atoms. The second-order valence-electron chi connectivity index (χ2n) is 5.24. The molecule has 0 bridgehead atoms. The van der Waals surface area contributed by atoms with Crippen LogP contribution in [-0.4, -0.2) is 46.0 Å². The predicted octanol–water partition coefficient (Wildman–Crippen LogP) is 2.03. The lowest BCUT2D eigenvalue weighted by molar-refractivity contribution is 0.292. The molecule has 1 aromatic carbocycles. The van der Waals surface area contributed by atoms with Crippen LogP contribution in [0.5, 0.6) is 5.75 Å². The van der Waals surface area contributed by atoms with Gasteiger partial charge in [-0.05, 0) is 44.5 Å². The van der Waals surface area contributed by atoms with E-state index in [-0.39, 0.29) is 10.9 Å². The van der Waals surface area contributed by atoms with Crippen molar-refractivity contribution in [3.8, 4) is 5.75 Å². The number of benzene rings is 1. The Morgan fingerprint density at radius 2 is 2.14 bits per heavy atom. The molecule has 1 heterocycles. The van der Waals surface area contributed by atoms with Crippen LogP contribution < -0.4 is 10.1 Å². The Labute approximate surface area is 131 Å². The summed E-state index contributed by atoms with van der Waals surface area (Å²) in [5, 5.41) is 3.46. The van der Waals surface area contributed by atoms with E-state index in [1.807, 2.05) is 7.05 Å². The minimum absolute atomic E-state index is 0.197. The number of methoxy groups -OCH3 is 1. The summed E-state index contributed by atoms with van der Waals surface area (Å²) in [4.78, 5) is 0.255. The van der Waals surface area contributed by atoms with E-state index in [2.05, 4.69) is 5.32 Å². The number of nitrogens with zero attached hydrogens (tertiary/aromatic N) is 1. The smallest absolute Gasteiger partial charge is 0.243 e. The highest BCUT2D eigenvalue weighted by Gasteiger charge is 2.31. The lowest BCUT2D eigenvalue weighted by Crippen LogP contribution is -2.46. The molecule has 0 aliphatic carbocycles. The molecule has 0 saturated carbocycles. The molecule has 0 aromatic heterocycles. The number of hydrogen-bond acceptors (Lipinski definition) is 4. The van der Waals surface area contributed by atoms with Gasteiger partial charge in [-0.15, -0.1) is 0 Å². The van der Waals surface area contributed by atoms with Gasteiger partial charge in [-0.25, -0.2) is 8.42 Å². The van der Waals surface area contributed by atoms with Crippen molar-refractivity contribution in [3.63, 3.8) is 0 Å². The molecule has 1 atom stereocenters. The Balaban J connectivity index is 2.37. The molecule has 1 fully saturated rings. The van der Waals surface area contributed by atoms with E-state index in [9.17, 15) is 8.42 Å². The molecule has 2 rings (SSSR count). The Kier molecular flexibility index (Phi) is 5.14. The van der Waals surface area contributed by atoms with Crippen molar-refractivity contribution in [1.82, 2.24) is 9.62 Å². The van der Waals surface area contributed by atoms with Crippen LogP contribution in [0.1, 0.15) is 18.4 Å². The van der Waals surface area contributed by atoms with Gasteiger partial charge < -0.3 is 10.1 Å². The van der Waals surface area contributed by atoms with E-state index in [4.69, 9.17) is 16.3 Å². The van der Waals surface area contributed by atoms with Crippen LogP contribution in [0.25, 0.3) is 0 Å². The minimum atomic E-state index is -3.53. The first-order valence-electron chi connectivity index (χ1n) is 6.91. The van der Waals surface area contributed by atoms with Crippen LogP contribution in [0.15, 0.2) is 17.0 Å². The van der Waals surface area contributed by atoms with Gasteiger partial charge in [0.1, 0.15) is 5.75 Å². The molecule has 118 valence electrons. The molecule has 1 N–H and O–H groups in total. The third-order valence-corrected chi connectivity index (χ3v) is 6.16. The molecule has 0 radical (unpaired) electrons. The normalized spacial score (nSPS) is 20.5. The molecule has 1 aliphatic rings. The van der Waals surface area contributed by atoms with E-state index < -0.39 is 10.0 Å². The monoisotopic (exact) mass is 332 g/mol. The summed E-state index contributed by atoms with van der Waals surface area (Å²) in [6.07, 6.45) is 1.85. The maximum atomic E-state index is 12.8. The van der Waals surface area contributed by atoms with Crippen molar-refractivity contribution >= 4 is 21.6 Å². The summed E-state index contributed by atoms with van der Waals surface area (Å²) < 4.78 is 32.3.